The quantitative estimate of drug-likeness (QED) is 0.548. The fraction of sp³-hybridized carbons (Fsp3) is 0.407. The summed E-state index contributed by atoms with van der Waals surface area (Å²) in [6.07, 6.45) is 8.92. The van der Waals surface area contributed by atoms with Gasteiger partial charge < -0.3 is 20.0 Å². The lowest BCUT2D eigenvalue weighted by atomic mass is 9.89. The van der Waals surface area contributed by atoms with Crippen molar-refractivity contribution in [3.8, 4) is 17.4 Å². The van der Waals surface area contributed by atoms with Crippen LogP contribution in [0.4, 0.5) is 11.7 Å². The summed E-state index contributed by atoms with van der Waals surface area (Å²) in [6, 6.07) is 22.0. The van der Waals surface area contributed by atoms with Gasteiger partial charge in [0.1, 0.15) is 0 Å². The number of nitriles is 1. The molecule has 1 aromatic heterocycles. The van der Waals surface area contributed by atoms with Gasteiger partial charge in [-0.3, -0.25) is 0 Å². The lowest BCUT2D eigenvalue weighted by molar-refractivity contribution is 0.290. The number of hydrogen-bond donors (Lipinski definition) is 2. The SMILES string of the molecule is N#Cc1ccc(N2CCC[C@H](N[C@@H]3CCCC[C@H]3Nc3ncc(-c4ccccc4)o3)C2)cc1. The van der Waals surface area contributed by atoms with Crippen molar-refractivity contribution in [2.75, 3.05) is 23.3 Å². The van der Waals surface area contributed by atoms with Gasteiger partial charge >= 0.3 is 0 Å². The Kier molecular flexibility index (Phi) is 6.59. The van der Waals surface area contributed by atoms with Gasteiger partial charge in [-0.05, 0) is 49.9 Å². The molecule has 0 unspecified atom stereocenters. The molecule has 1 aliphatic heterocycles. The van der Waals surface area contributed by atoms with Crippen LogP contribution >= 0.6 is 0 Å². The van der Waals surface area contributed by atoms with Crippen molar-refractivity contribution in [2.45, 2.75) is 56.7 Å². The van der Waals surface area contributed by atoms with E-state index in [1.807, 2.05) is 42.5 Å². The van der Waals surface area contributed by atoms with Crippen molar-refractivity contribution in [1.29, 1.82) is 5.26 Å². The molecular formula is C27H31N5O. The van der Waals surface area contributed by atoms with Crippen LogP contribution in [0.25, 0.3) is 11.3 Å². The Bertz CT molecular complexity index is 1070. The summed E-state index contributed by atoms with van der Waals surface area (Å²) in [5.74, 6) is 0.795. The maximum Gasteiger partial charge on any atom is 0.295 e. The highest BCUT2D eigenvalue weighted by Crippen LogP contribution is 2.27. The Labute approximate surface area is 195 Å². The molecule has 6 nitrogen and oxygen atoms in total. The van der Waals surface area contributed by atoms with Gasteiger partial charge in [0.15, 0.2) is 5.76 Å². The summed E-state index contributed by atoms with van der Waals surface area (Å²) >= 11 is 0. The predicted molar refractivity (Wildman–Crippen MR) is 131 cm³/mol. The molecule has 0 amide bonds. The van der Waals surface area contributed by atoms with Crippen LogP contribution in [-0.2, 0) is 0 Å². The van der Waals surface area contributed by atoms with Gasteiger partial charge in [0.2, 0.25) is 0 Å². The zero-order valence-corrected chi connectivity index (χ0v) is 18.9. The van der Waals surface area contributed by atoms with E-state index in [9.17, 15) is 0 Å². The number of nitrogens with one attached hydrogen (secondary N) is 2. The molecule has 2 fully saturated rings. The molecule has 0 bridgehead atoms. The first-order valence-electron chi connectivity index (χ1n) is 12.1. The highest BCUT2D eigenvalue weighted by molar-refractivity contribution is 5.57. The Morgan fingerprint density at radius 1 is 0.939 bits per heavy atom. The van der Waals surface area contributed by atoms with Gasteiger partial charge in [-0.25, -0.2) is 4.98 Å². The van der Waals surface area contributed by atoms with E-state index in [1.54, 1.807) is 6.20 Å². The second-order valence-electron chi connectivity index (χ2n) is 9.15. The summed E-state index contributed by atoms with van der Waals surface area (Å²) in [5.41, 5.74) is 2.96. The minimum absolute atomic E-state index is 0.311. The van der Waals surface area contributed by atoms with Crippen LogP contribution < -0.4 is 15.5 Å². The standard InChI is InChI=1S/C27H31N5O/c28-17-20-12-14-23(15-13-20)32-16-6-9-22(19-32)30-24-10-4-5-11-25(24)31-27-29-18-26(33-27)21-7-2-1-3-8-21/h1-3,7-8,12-15,18,22,24-25,30H,4-6,9-11,16,19H2,(H,29,31)/t22-,24+,25+/m0/s1. The van der Waals surface area contributed by atoms with Gasteiger partial charge in [-0.1, -0.05) is 43.2 Å². The molecule has 170 valence electrons. The number of hydrogen-bond acceptors (Lipinski definition) is 6. The molecule has 2 N–H and O–H groups in total. The van der Waals surface area contributed by atoms with Crippen LogP contribution in [0.1, 0.15) is 44.1 Å². The smallest absolute Gasteiger partial charge is 0.295 e. The fourth-order valence-corrected chi connectivity index (χ4v) is 5.14. The Morgan fingerprint density at radius 3 is 2.52 bits per heavy atom. The third kappa shape index (κ3) is 5.20. The van der Waals surface area contributed by atoms with E-state index in [4.69, 9.17) is 9.68 Å². The molecule has 0 radical (unpaired) electrons. The van der Waals surface area contributed by atoms with E-state index in [0.717, 1.165) is 37.3 Å². The first-order valence-corrected chi connectivity index (χ1v) is 12.1. The lowest BCUT2D eigenvalue weighted by Crippen LogP contribution is -2.54. The monoisotopic (exact) mass is 441 g/mol. The van der Waals surface area contributed by atoms with Crippen LogP contribution in [-0.4, -0.2) is 36.2 Å². The second kappa shape index (κ2) is 10.1. The zero-order valence-electron chi connectivity index (χ0n) is 18.9. The van der Waals surface area contributed by atoms with Crippen molar-refractivity contribution in [3.63, 3.8) is 0 Å². The molecule has 3 atom stereocenters. The lowest BCUT2D eigenvalue weighted by Gasteiger charge is -2.40. The minimum atomic E-state index is 0.311. The maximum absolute atomic E-state index is 9.06. The van der Waals surface area contributed by atoms with Gasteiger partial charge in [0, 0.05) is 42.5 Å². The maximum atomic E-state index is 9.06. The summed E-state index contributed by atoms with van der Waals surface area (Å²) in [5, 5.41) is 16.6. The van der Waals surface area contributed by atoms with Crippen molar-refractivity contribution in [1.82, 2.24) is 10.3 Å². The van der Waals surface area contributed by atoms with E-state index in [2.05, 4.69) is 38.7 Å². The van der Waals surface area contributed by atoms with Crippen molar-refractivity contribution in [3.05, 3.63) is 66.4 Å². The van der Waals surface area contributed by atoms with Crippen LogP contribution in [0.3, 0.4) is 0 Å². The molecule has 2 aliphatic rings. The summed E-state index contributed by atoms with van der Waals surface area (Å²) in [4.78, 5) is 6.94. The van der Waals surface area contributed by atoms with Crippen LogP contribution in [0.2, 0.25) is 0 Å². The number of benzene rings is 2. The second-order valence-corrected chi connectivity index (χ2v) is 9.15. The van der Waals surface area contributed by atoms with Crippen LogP contribution in [0, 0.1) is 11.3 Å². The number of piperidine rings is 1. The highest BCUT2D eigenvalue weighted by atomic mass is 16.4. The van der Waals surface area contributed by atoms with Gasteiger partial charge in [-0.2, -0.15) is 5.26 Å². The fourth-order valence-electron chi connectivity index (χ4n) is 5.14. The summed E-state index contributed by atoms with van der Waals surface area (Å²) < 4.78 is 6.02. The molecule has 6 heteroatoms. The minimum Gasteiger partial charge on any atom is -0.424 e. The molecule has 2 heterocycles. The molecule has 1 saturated heterocycles. The Hall–Kier alpha value is -3.30. The van der Waals surface area contributed by atoms with Gasteiger partial charge in [-0.15, -0.1) is 0 Å². The number of nitrogens with zero attached hydrogens (tertiary/aromatic N) is 3. The molecule has 1 saturated carbocycles. The van der Waals surface area contributed by atoms with Gasteiger partial charge in [0.05, 0.1) is 17.8 Å². The first kappa shape index (κ1) is 21.5. The molecule has 1 aliphatic carbocycles. The molecule has 0 spiro atoms. The van der Waals surface area contributed by atoms with Gasteiger partial charge in [0.25, 0.3) is 6.01 Å². The van der Waals surface area contributed by atoms with E-state index < -0.39 is 0 Å². The molecule has 2 aromatic carbocycles. The number of rotatable bonds is 6. The summed E-state index contributed by atoms with van der Waals surface area (Å²) in [7, 11) is 0. The number of anilines is 2. The third-order valence-corrected chi connectivity index (χ3v) is 6.87. The number of oxazole rings is 1. The van der Waals surface area contributed by atoms with Crippen LogP contribution in [0.5, 0.6) is 0 Å². The molecule has 3 aromatic rings. The topological polar surface area (TPSA) is 77.1 Å². The Morgan fingerprint density at radius 2 is 1.73 bits per heavy atom. The van der Waals surface area contributed by atoms with E-state index in [-0.39, 0.29) is 0 Å². The van der Waals surface area contributed by atoms with E-state index in [1.165, 1.54) is 31.4 Å². The molecular weight excluding hydrogens is 410 g/mol. The first-order chi connectivity index (χ1) is 16.3. The van der Waals surface area contributed by atoms with E-state index >= 15 is 0 Å². The molecule has 5 rings (SSSR count). The van der Waals surface area contributed by atoms with E-state index in [0.29, 0.717) is 29.7 Å². The van der Waals surface area contributed by atoms with Crippen LogP contribution in [0.15, 0.2) is 65.2 Å². The number of aromatic nitrogens is 1. The average Bonchev–Trinajstić information content (AvgIpc) is 3.35. The Balaban J connectivity index is 1.22. The largest absolute Gasteiger partial charge is 0.424 e. The summed E-state index contributed by atoms with van der Waals surface area (Å²) in [6.45, 7) is 2.06. The predicted octanol–water partition coefficient (Wildman–Crippen LogP) is 5.19. The normalized spacial score (nSPS) is 23.1. The third-order valence-electron chi connectivity index (χ3n) is 6.87. The highest BCUT2D eigenvalue weighted by Gasteiger charge is 2.30. The molecule has 33 heavy (non-hydrogen) atoms. The zero-order chi connectivity index (χ0) is 22.5. The van der Waals surface area contributed by atoms with Crippen molar-refractivity contribution >= 4 is 11.7 Å². The van der Waals surface area contributed by atoms with Crippen molar-refractivity contribution < 1.29 is 4.42 Å². The average molecular weight is 442 g/mol. The van der Waals surface area contributed by atoms with Crippen molar-refractivity contribution in [2.24, 2.45) is 0 Å².